The van der Waals surface area contributed by atoms with Crippen molar-refractivity contribution in [3.63, 3.8) is 0 Å². The molecule has 2 rings (SSSR count). The van der Waals surface area contributed by atoms with Crippen molar-refractivity contribution in [2.75, 3.05) is 5.32 Å². The lowest BCUT2D eigenvalue weighted by Gasteiger charge is -2.12. The monoisotopic (exact) mass is 326 g/mol. The average molecular weight is 327 g/mol. The number of amides is 1. The molecule has 1 heterocycles. The van der Waals surface area contributed by atoms with Gasteiger partial charge in [0, 0.05) is 39.3 Å². The minimum Gasteiger partial charge on any atom is -0.322 e. The van der Waals surface area contributed by atoms with E-state index in [0.717, 1.165) is 28.8 Å². The smallest absolute Gasteiger partial charge is 0.247 e. The molecule has 1 aromatic carbocycles. The van der Waals surface area contributed by atoms with Crippen molar-refractivity contribution in [3.05, 3.63) is 66.5 Å². The van der Waals surface area contributed by atoms with Crippen LogP contribution in [0.1, 0.15) is 24.6 Å². The fraction of sp³-hybridized carbons (Fsp3) is 0.158. The van der Waals surface area contributed by atoms with Gasteiger partial charge in [-0.3, -0.25) is 9.78 Å². The van der Waals surface area contributed by atoms with Crippen molar-refractivity contribution >= 4 is 28.2 Å². The number of hydrogen-bond acceptors (Lipinski definition) is 2. The van der Waals surface area contributed by atoms with Gasteiger partial charge >= 0.3 is 0 Å². The lowest BCUT2D eigenvalue weighted by molar-refractivity contribution is -0.111. The molecule has 3 nitrogen and oxygen atoms in total. The summed E-state index contributed by atoms with van der Waals surface area (Å²) in [7, 11) is 0. The number of hydrogen-bond donors (Lipinski definition) is 1. The molecule has 2 aromatic rings. The van der Waals surface area contributed by atoms with E-state index in [2.05, 4.69) is 16.9 Å². The Kier molecular flexibility index (Phi) is 5.72. The van der Waals surface area contributed by atoms with Gasteiger partial charge in [-0.15, -0.1) is 0 Å². The molecule has 4 heteroatoms. The van der Waals surface area contributed by atoms with E-state index in [0.29, 0.717) is 10.7 Å². The molecule has 0 bridgehead atoms. The first-order chi connectivity index (χ1) is 11.1. The van der Waals surface area contributed by atoms with Gasteiger partial charge in [0.05, 0.1) is 0 Å². The maximum Gasteiger partial charge on any atom is 0.247 e. The van der Waals surface area contributed by atoms with Crippen molar-refractivity contribution in [2.24, 2.45) is 0 Å². The van der Waals surface area contributed by atoms with Crippen LogP contribution in [-0.2, 0) is 4.79 Å². The number of pyridine rings is 1. The van der Waals surface area contributed by atoms with E-state index < -0.39 is 0 Å². The van der Waals surface area contributed by atoms with Crippen LogP contribution in [0.3, 0.4) is 0 Å². The van der Waals surface area contributed by atoms with Crippen LogP contribution in [-0.4, -0.2) is 10.9 Å². The van der Waals surface area contributed by atoms with E-state index in [9.17, 15) is 4.79 Å². The Morgan fingerprint density at radius 2 is 2.13 bits per heavy atom. The molecule has 0 spiro atoms. The van der Waals surface area contributed by atoms with E-state index >= 15 is 0 Å². The second-order valence-corrected chi connectivity index (χ2v) is 5.46. The molecule has 0 atom stereocenters. The lowest BCUT2D eigenvalue weighted by atomic mass is 10.0. The van der Waals surface area contributed by atoms with Crippen LogP contribution >= 0.6 is 11.6 Å². The molecule has 0 saturated carbocycles. The van der Waals surface area contributed by atoms with Crippen molar-refractivity contribution in [1.29, 1.82) is 0 Å². The van der Waals surface area contributed by atoms with Crippen LogP contribution in [0.5, 0.6) is 0 Å². The number of allylic oxidation sites excluding steroid dienone is 1. The summed E-state index contributed by atoms with van der Waals surface area (Å²) in [5.41, 5.74) is 4.27. The van der Waals surface area contributed by atoms with Crippen molar-refractivity contribution in [3.8, 4) is 11.1 Å². The Labute approximate surface area is 141 Å². The molecule has 23 heavy (non-hydrogen) atoms. The maximum absolute atomic E-state index is 11.6. The maximum atomic E-state index is 11.6. The molecule has 0 saturated heterocycles. The zero-order valence-electron chi connectivity index (χ0n) is 13.3. The highest BCUT2D eigenvalue weighted by molar-refractivity contribution is 6.48. The van der Waals surface area contributed by atoms with E-state index in [-0.39, 0.29) is 5.91 Å². The second kappa shape index (κ2) is 7.75. The summed E-state index contributed by atoms with van der Waals surface area (Å²) in [4.78, 5) is 16.0. The summed E-state index contributed by atoms with van der Waals surface area (Å²) in [5.74, 6) is -0.248. The largest absolute Gasteiger partial charge is 0.322 e. The van der Waals surface area contributed by atoms with Gasteiger partial charge in [-0.2, -0.15) is 0 Å². The van der Waals surface area contributed by atoms with Gasteiger partial charge in [0.25, 0.3) is 0 Å². The molecule has 0 radical (unpaired) electrons. The van der Waals surface area contributed by atoms with Crippen LogP contribution < -0.4 is 5.32 Å². The number of aryl methyl sites for hydroxylation is 1. The first kappa shape index (κ1) is 17.0. The molecule has 0 aliphatic carbocycles. The predicted octanol–water partition coefficient (Wildman–Crippen LogP) is 5.17. The third-order valence-electron chi connectivity index (χ3n) is 3.41. The summed E-state index contributed by atoms with van der Waals surface area (Å²) in [6, 6.07) is 9.57. The van der Waals surface area contributed by atoms with Gasteiger partial charge in [0.1, 0.15) is 0 Å². The molecular weight excluding hydrogens is 308 g/mol. The molecule has 118 valence electrons. The normalized spacial score (nSPS) is 11.2. The zero-order valence-corrected chi connectivity index (χ0v) is 14.0. The number of benzene rings is 1. The van der Waals surface area contributed by atoms with Gasteiger partial charge < -0.3 is 5.32 Å². The van der Waals surface area contributed by atoms with Gasteiger partial charge in [0.2, 0.25) is 5.91 Å². The standard InChI is InChI=1S/C19H19ClN2O/c1-4-8-17(20)16-11-14(12-21-13(16)3)15-9-6-7-10-18(15)22-19(23)5-2/h5-12H,2,4H2,1,3H3,(H,22,23)/b17-8+. The van der Waals surface area contributed by atoms with Crippen LogP contribution in [0.15, 0.2) is 55.3 Å². The molecular formula is C19H19ClN2O. The molecule has 0 aliphatic heterocycles. The Balaban J connectivity index is 2.51. The Morgan fingerprint density at radius 1 is 1.39 bits per heavy atom. The number of anilines is 1. The first-order valence-electron chi connectivity index (χ1n) is 7.42. The average Bonchev–Trinajstić information content (AvgIpc) is 2.56. The van der Waals surface area contributed by atoms with E-state index in [1.165, 1.54) is 6.08 Å². The Hall–Kier alpha value is -2.39. The number of para-hydroxylation sites is 1. The van der Waals surface area contributed by atoms with Gasteiger partial charge in [-0.1, -0.05) is 49.4 Å². The highest BCUT2D eigenvalue weighted by Crippen LogP contribution is 2.31. The highest BCUT2D eigenvalue weighted by Gasteiger charge is 2.10. The fourth-order valence-electron chi connectivity index (χ4n) is 2.24. The van der Waals surface area contributed by atoms with Gasteiger partial charge in [0.15, 0.2) is 0 Å². The van der Waals surface area contributed by atoms with E-state index in [1.807, 2.05) is 50.3 Å². The van der Waals surface area contributed by atoms with E-state index in [4.69, 9.17) is 11.6 Å². The minimum absolute atomic E-state index is 0.248. The highest BCUT2D eigenvalue weighted by atomic mass is 35.5. The molecule has 1 amide bonds. The number of carbonyl (C=O) groups is 1. The summed E-state index contributed by atoms with van der Waals surface area (Å²) >= 11 is 6.36. The minimum atomic E-state index is -0.248. The summed E-state index contributed by atoms with van der Waals surface area (Å²) in [6.07, 6.45) is 5.85. The number of rotatable bonds is 5. The van der Waals surface area contributed by atoms with Crippen molar-refractivity contribution < 1.29 is 4.79 Å². The second-order valence-electron chi connectivity index (χ2n) is 5.06. The number of nitrogens with zero attached hydrogens (tertiary/aromatic N) is 1. The quantitative estimate of drug-likeness (QED) is 0.770. The van der Waals surface area contributed by atoms with Crippen LogP contribution in [0.25, 0.3) is 16.2 Å². The third-order valence-corrected chi connectivity index (χ3v) is 3.77. The summed E-state index contributed by atoms with van der Waals surface area (Å²) in [5, 5.41) is 3.50. The number of aromatic nitrogens is 1. The lowest BCUT2D eigenvalue weighted by Crippen LogP contribution is -2.08. The fourth-order valence-corrected chi connectivity index (χ4v) is 2.58. The third kappa shape index (κ3) is 4.08. The van der Waals surface area contributed by atoms with Gasteiger partial charge in [-0.25, -0.2) is 0 Å². The number of nitrogens with one attached hydrogen (secondary N) is 1. The van der Waals surface area contributed by atoms with Crippen LogP contribution in [0, 0.1) is 6.92 Å². The summed E-state index contributed by atoms with van der Waals surface area (Å²) in [6.45, 7) is 7.44. The zero-order chi connectivity index (χ0) is 16.8. The predicted molar refractivity (Wildman–Crippen MR) is 97.4 cm³/mol. The molecule has 0 fully saturated rings. The topological polar surface area (TPSA) is 42.0 Å². The molecule has 0 aliphatic rings. The van der Waals surface area contributed by atoms with E-state index in [1.54, 1.807) is 6.20 Å². The van der Waals surface area contributed by atoms with Crippen molar-refractivity contribution in [1.82, 2.24) is 4.98 Å². The van der Waals surface area contributed by atoms with Crippen LogP contribution in [0.2, 0.25) is 0 Å². The Bertz CT molecular complexity index is 766. The first-order valence-corrected chi connectivity index (χ1v) is 7.80. The van der Waals surface area contributed by atoms with Crippen LogP contribution in [0.4, 0.5) is 5.69 Å². The SMILES string of the molecule is C=CC(=O)Nc1ccccc1-c1cnc(C)c(/C(Cl)=C\CC)c1. The number of halogens is 1. The van der Waals surface area contributed by atoms with Gasteiger partial charge in [-0.05, 0) is 31.6 Å². The molecule has 1 aromatic heterocycles. The molecule has 0 unspecified atom stereocenters. The molecule has 1 N–H and O–H groups in total. The number of carbonyl (C=O) groups excluding carboxylic acids is 1. The Morgan fingerprint density at radius 3 is 2.83 bits per heavy atom. The van der Waals surface area contributed by atoms with Crippen molar-refractivity contribution in [2.45, 2.75) is 20.3 Å². The summed E-state index contributed by atoms with van der Waals surface area (Å²) < 4.78 is 0.